The van der Waals surface area contributed by atoms with Gasteiger partial charge < -0.3 is 14.9 Å². The predicted molar refractivity (Wildman–Crippen MR) is 88.5 cm³/mol. The van der Waals surface area contributed by atoms with Gasteiger partial charge in [-0.1, -0.05) is 12.1 Å². The van der Waals surface area contributed by atoms with E-state index < -0.39 is 0 Å². The number of hydrogen-bond donors (Lipinski definition) is 2. The lowest BCUT2D eigenvalue weighted by Gasteiger charge is -2.06. The molecule has 0 atom stereocenters. The molecule has 0 aliphatic heterocycles. The number of amides is 1. The highest BCUT2D eigenvalue weighted by Gasteiger charge is 2.09. The fraction of sp³-hybridized carbons (Fsp3) is 0.235. The summed E-state index contributed by atoms with van der Waals surface area (Å²) in [6, 6.07) is 11.2. The molecule has 0 unspecified atom stereocenters. The number of carbonyl (C=O) groups excluding carboxylic acids is 1. The number of nitrogens with one attached hydrogen (secondary N) is 2. The molecule has 6 heteroatoms. The molecule has 1 aromatic carbocycles. The van der Waals surface area contributed by atoms with E-state index in [1.165, 1.54) is 0 Å². The standard InChI is InChI=1S/C17H18N4O2/c1-12-7-8-13(17(23)20-12)16(22)18-9-4-10-21-11-19-14-5-2-3-6-15(14)21/h2-3,5-8,11H,4,9-10H2,1H3,(H,18,22)(H,20,23). The Hall–Kier alpha value is -2.89. The summed E-state index contributed by atoms with van der Waals surface area (Å²) in [6.07, 6.45) is 2.56. The molecular weight excluding hydrogens is 292 g/mol. The van der Waals surface area contributed by atoms with Crippen LogP contribution in [0.25, 0.3) is 11.0 Å². The molecule has 23 heavy (non-hydrogen) atoms. The van der Waals surface area contributed by atoms with Crippen molar-refractivity contribution in [3.8, 4) is 0 Å². The molecule has 0 saturated carbocycles. The minimum atomic E-state index is -0.358. The normalized spacial score (nSPS) is 10.8. The molecule has 2 aromatic heterocycles. The van der Waals surface area contributed by atoms with Crippen LogP contribution in [-0.2, 0) is 6.54 Å². The third-order valence-corrected chi connectivity index (χ3v) is 3.69. The zero-order chi connectivity index (χ0) is 16.2. The number of aromatic nitrogens is 3. The van der Waals surface area contributed by atoms with Gasteiger partial charge in [0.15, 0.2) is 0 Å². The Kier molecular flexibility index (Phi) is 4.23. The van der Waals surface area contributed by atoms with Crippen LogP contribution in [-0.4, -0.2) is 27.0 Å². The number of rotatable bonds is 5. The number of imidazole rings is 1. The topological polar surface area (TPSA) is 79.8 Å². The monoisotopic (exact) mass is 310 g/mol. The molecule has 3 rings (SSSR count). The second-order valence-electron chi connectivity index (χ2n) is 5.42. The number of para-hydroxylation sites is 2. The van der Waals surface area contributed by atoms with Crippen LogP contribution in [0.3, 0.4) is 0 Å². The molecular formula is C17H18N4O2. The SMILES string of the molecule is Cc1ccc(C(=O)NCCCn2cnc3ccccc32)c(=O)[nH]1. The largest absolute Gasteiger partial charge is 0.352 e. The van der Waals surface area contributed by atoms with Crippen molar-refractivity contribution in [2.24, 2.45) is 0 Å². The smallest absolute Gasteiger partial charge is 0.260 e. The Morgan fingerprint density at radius 2 is 2.09 bits per heavy atom. The van der Waals surface area contributed by atoms with E-state index in [0.29, 0.717) is 6.54 Å². The summed E-state index contributed by atoms with van der Waals surface area (Å²) in [5.74, 6) is -0.346. The van der Waals surface area contributed by atoms with Gasteiger partial charge >= 0.3 is 0 Å². The van der Waals surface area contributed by atoms with Crippen molar-refractivity contribution in [3.63, 3.8) is 0 Å². The lowest BCUT2D eigenvalue weighted by molar-refractivity contribution is 0.0951. The summed E-state index contributed by atoms with van der Waals surface area (Å²) in [6.45, 7) is 3.03. The minimum Gasteiger partial charge on any atom is -0.352 e. The zero-order valence-corrected chi connectivity index (χ0v) is 12.9. The maximum Gasteiger partial charge on any atom is 0.260 e. The van der Waals surface area contributed by atoms with Gasteiger partial charge in [-0.3, -0.25) is 9.59 Å². The molecule has 0 bridgehead atoms. The van der Waals surface area contributed by atoms with Crippen LogP contribution in [0, 0.1) is 6.92 Å². The summed E-state index contributed by atoms with van der Waals surface area (Å²) in [5.41, 5.74) is 2.56. The first-order valence-electron chi connectivity index (χ1n) is 7.53. The summed E-state index contributed by atoms with van der Waals surface area (Å²) in [4.78, 5) is 30.7. The Bertz CT molecular complexity index is 895. The first kappa shape index (κ1) is 15.0. The highest BCUT2D eigenvalue weighted by Crippen LogP contribution is 2.11. The molecule has 118 valence electrons. The number of aromatic amines is 1. The van der Waals surface area contributed by atoms with E-state index in [1.54, 1.807) is 25.4 Å². The first-order chi connectivity index (χ1) is 11.1. The van der Waals surface area contributed by atoms with Crippen molar-refractivity contribution in [2.75, 3.05) is 6.54 Å². The van der Waals surface area contributed by atoms with E-state index in [1.807, 2.05) is 24.3 Å². The second kappa shape index (κ2) is 6.48. The number of hydrogen-bond acceptors (Lipinski definition) is 3. The highest BCUT2D eigenvalue weighted by atomic mass is 16.2. The molecule has 2 N–H and O–H groups in total. The fourth-order valence-electron chi connectivity index (χ4n) is 2.49. The molecule has 1 amide bonds. The highest BCUT2D eigenvalue weighted by molar-refractivity contribution is 5.93. The molecule has 2 heterocycles. The fourth-order valence-corrected chi connectivity index (χ4v) is 2.49. The van der Waals surface area contributed by atoms with Gasteiger partial charge in [0.1, 0.15) is 5.56 Å². The summed E-state index contributed by atoms with van der Waals surface area (Å²) in [5, 5.41) is 2.78. The average molecular weight is 310 g/mol. The number of fused-ring (bicyclic) bond motifs is 1. The average Bonchev–Trinajstić information content (AvgIpc) is 2.94. The maximum atomic E-state index is 12.0. The Morgan fingerprint density at radius 1 is 1.26 bits per heavy atom. The van der Waals surface area contributed by atoms with Crippen LogP contribution in [0.1, 0.15) is 22.5 Å². The van der Waals surface area contributed by atoms with Crippen LogP contribution in [0.15, 0.2) is 47.5 Å². The number of aryl methyl sites for hydroxylation is 2. The quantitative estimate of drug-likeness (QED) is 0.706. The molecule has 0 fully saturated rings. The zero-order valence-electron chi connectivity index (χ0n) is 12.9. The van der Waals surface area contributed by atoms with Crippen molar-refractivity contribution in [3.05, 3.63) is 64.3 Å². The predicted octanol–water partition coefficient (Wildman–Crippen LogP) is 1.85. The van der Waals surface area contributed by atoms with Gasteiger partial charge in [-0.25, -0.2) is 4.98 Å². The van der Waals surface area contributed by atoms with Gasteiger partial charge in [0.25, 0.3) is 11.5 Å². The van der Waals surface area contributed by atoms with Gasteiger partial charge in [-0.15, -0.1) is 0 Å². The van der Waals surface area contributed by atoms with Crippen LogP contribution >= 0.6 is 0 Å². The van der Waals surface area contributed by atoms with Crippen molar-refractivity contribution in [2.45, 2.75) is 19.9 Å². The third-order valence-electron chi connectivity index (χ3n) is 3.69. The number of benzene rings is 1. The van der Waals surface area contributed by atoms with E-state index in [9.17, 15) is 9.59 Å². The van der Waals surface area contributed by atoms with Gasteiger partial charge in [-0.2, -0.15) is 0 Å². The maximum absolute atomic E-state index is 12.0. The number of H-pyrrole nitrogens is 1. The Labute approximate surface area is 133 Å². The van der Waals surface area contributed by atoms with Crippen LogP contribution < -0.4 is 10.9 Å². The van der Waals surface area contributed by atoms with Crippen molar-refractivity contribution in [1.29, 1.82) is 0 Å². The molecule has 0 aliphatic rings. The molecule has 0 radical (unpaired) electrons. The van der Waals surface area contributed by atoms with Crippen LogP contribution in [0.4, 0.5) is 0 Å². The number of carbonyl (C=O) groups is 1. The van der Waals surface area contributed by atoms with Crippen molar-refractivity contribution >= 4 is 16.9 Å². The lowest BCUT2D eigenvalue weighted by Crippen LogP contribution is -2.30. The van der Waals surface area contributed by atoms with Gasteiger partial charge in [0.2, 0.25) is 0 Å². The molecule has 3 aromatic rings. The Balaban J connectivity index is 1.55. The van der Waals surface area contributed by atoms with Gasteiger partial charge in [0, 0.05) is 18.8 Å². The third kappa shape index (κ3) is 3.31. The second-order valence-corrected chi connectivity index (χ2v) is 5.42. The van der Waals surface area contributed by atoms with Gasteiger partial charge in [0.05, 0.1) is 17.4 Å². The minimum absolute atomic E-state index is 0.142. The summed E-state index contributed by atoms with van der Waals surface area (Å²) < 4.78 is 2.06. The molecule has 0 spiro atoms. The summed E-state index contributed by atoms with van der Waals surface area (Å²) >= 11 is 0. The first-order valence-corrected chi connectivity index (χ1v) is 7.53. The van der Waals surface area contributed by atoms with E-state index in [2.05, 4.69) is 19.9 Å². The van der Waals surface area contributed by atoms with E-state index in [4.69, 9.17) is 0 Å². The lowest BCUT2D eigenvalue weighted by atomic mass is 10.2. The van der Waals surface area contributed by atoms with Crippen molar-refractivity contribution < 1.29 is 4.79 Å². The number of nitrogens with zero attached hydrogens (tertiary/aromatic N) is 2. The van der Waals surface area contributed by atoms with E-state index >= 15 is 0 Å². The summed E-state index contributed by atoms with van der Waals surface area (Å²) in [7, 11) is 0. The molecule has 0 aliphatic carbocycles. The Morgan fingerprint density at radius 3 is 2.91 bits per heavy atom. The molecule has 0 saturated heterocycles. The van der Waals surface area contributed by atoms with Gasteiger partial charge in [-0.05, 0) is 37.6 Å². The van der Waals surface area contributed by atoms with Crippen LogP contribution in [0.2, 0.25) is 0 Å². The number of pyridine rings is 1. The van der Waals surface area contributed by atoms with E-state index in [0.717, 1.165) is 29.7 Å². The van der Waals surface area contributed by atoms with Crippen LogP contribution in [0.5, 0.6) is 0 Å². The van der Waals surface area contributed by atoms with E-state index in [-0.39, 0.29) is 17.0 Å². The van der Waals surface area contributed by atoms with Crippen molar-refractivity contribution in [1.82, 2.24) is 19.9 Å². The molecule has 6 nitrogen and oxygen atoms in total.